The average Bonchev–Trinajstić information content (AvgIpc) is 3.20. The number of hydrogen-bond donors (Lipinski definition) is 2. The second kappa shape index (κ2) is 10.5. The SMILES string of the molecule is CCOc1ccc(-n2c(Cc3cc(=O)[nH]c(=O)[nH]3)nnc2SCC(=O)N2CCCCC2)cc1. The first kappa shape index (κ1) is 22.8. The van der Waals surface area contributed by atoms with Crippen LogP contribution in [-0.2, 0) is 11.2 Å². The van der Waals surface area contributed by atoms with Gasteiger partial charge in [-0.2, -0.15) is 0 Å². The summed E-state index contributed by atoms with van der Waals surface area (Å²) < 4.78 is 7.37. The van der Waals surface area contributed by atoms with Crippen LogP contribution in [0.5, 0.6) is 5.75 Å². The number of carbonyl (C=O) groups is 1. The van der Waals surface area contributed by atoms with E-state index in [1.165, 1.54) is 17.8 Å². The maximum absolute atomic E-state index is 12.7. The lowest BCUT2D eigenvalue weighted by Crippen LogP contribution is -2.36. The molecule has 1 fully saturated rings. The maximum Gasteiger partial charge on any atom is 0.325 e. The molecular formula is C22H26N6O4S. The predicted octanol–water partition coefficient (Wildman–Crippen LogP) is 1.74. The van der Waals surface area contributed by atoms with E-state index in [0.29, 0.717) is 23.3 Å². The fourth-order valence-electron chi connectivity index (χ4n) is 3.77. The van der Waals surface area contributed by atoms with E-state index in [1.54, 1.807) is 0 Å². The number of amides is 1. The van der Waals surface area contributed by atoms with Crippen molar-refractivity contribution in [1.82, 2.24) is 29.6 Å². The van der Waals surface area contributed by atoms with Gasteiger partial charge in [-0.3, -0.25) is 19.1 Å². The van der Waals surface area contributed by atoms with E-state index in [0.717, 1.165) is 43.8 Å². The average molecular weight is 471 g/mol. The standard InChI is InChI=1S/C22H26N6O4S/c1-2-32-17-8-6-16(7-9-17)28-18(12-15-13-19(29)24-21(31)23-15)25-26-22(28)33-14-20(30)27-10-4-3-5-11-27/h6-9,13H,2-5,10-12,14H2,1H3,(H2,23,24,29,31). The summed E-state index contributed by atoms with van der Waals surface area (Å²) in [6, 6.07) is 8.80. The van der Waals surface area contributed by atoms with Gasteiger partial charge in [0.15, 0.2) is 5.16 Å². The Labute approximate surface area is 194 Å². The van der Waals surface area contributed by atoms with Gasteiger partial charge in [-0.05, 0) is 50.5 Å². The molecule has 0 saturated carbocycles. The van der Waals surface area contributed by atoms with Crippen LogP contribution in [0.15, 0.2) is 45.1 Å². The lowest BCUT2D eigenvalue weighted by Gasteiger charge is -2.26. The second-order valence-electron chi connectivity index (χ2n) is 7.68. The quantitative estimate of drug-likeness (QED) is 0.480. The Morgan fingerprint density at radius 2 is 1.85 bits per heavy atom. The molecule has 0 aliphatic carbocycles. The van der Waals surface area contributed by atoms with Gasteiger partial charge in [-0.25, -0.2) is 4.79 Å². The molecule has 0 bridgehead atoms. The molecule has 0 unspecified atom stereocenters. The minimum Gasteiger partial charge on any atom is -0.494 e. The molecule has 2 N–H and O–H groups in total. The highest BCUT2D eigenvalue weighted by Gasteiger charge is 2.20. The fourth-order valence-corrected chi connectivity index (χ4v) is 4.65. The van der Waals surface area contributed by atoms with E-state index < -0.39 is 11.2 Å². The number of nitrogens with one attached hydrogen (secondary N) is 2. The van der Waals surface area contributed by atoms with E-state index in [1.807, 2.05) is 40.7 Å². The highest BCUT2D eigenvalue weighted by atomic mass is 32.2. The first-order chi connectivity index (χ1) is 16.0. The summed E-state index contributed by atoms with van der Waals surface area (Å²) in [7, 11) is 0. The summed E-state index contributed by atoms with van der Waals surface area (Å²) in [5.41, 5.74) is 0.150. The number of carbonyl (C=O) groups excluding carboxylic acids is 1. The van der Waals surface area contributed by atoms with Crippen LogP contribution in [-0.4, -0.2) is 61.0 Å². The number of H-pyrrole nitrogens is 2. The Hall–Kier alpha value is -3.34. The molecule has 4 rings (SSSR count). The van der Waals surface area contributed by atoms with E-state index >= 15 is 0 Å². The summed E-state index contributed by atoms with van der Waals surface area (Å²) in [4.78, 5) is 42.7. The van der Waals surface area contributed by atoms with Gasteiger partial charge >= 0.3 is 5.69 Å². The van der Waals surface area contributed by atoms with Crippen molar-refractivity contribution in [1.29, 1.82) is 0 Å². The van der Waals surface area contributed by atoms with Crippen molar-refractivity contribution in [3.05, 3.63) is 62.7 Å². The summed E-state index contributed by atoms with van der Waals surface area (Å²) in [6.07, 6.45) is 3.44. The van der Waals surface area contributed by atoms with Crippen molar-refractivity contribution >= 4 is 17.7 Å². The third-order valence-corrected chi connectivity index (χ3v) is 6.22. The molecule has 11 heteroatoms. The smallest absolute Gasteiger partial charge is 0.325 e. The van der Waals surface area contributed by atoms with Gasteiger partial charge in [0.2, 0.25) is 5.91 Å². The van der Waals surface area contributed by atoms with Crippen LogP contribution in [0, 0.1) is 0 Å². The third-order valence-electron chi connectivity index (χ3n) is 5.30. The number of aromatic amines is 2. The Balaban J connectivity index is 1.61. The number of benzene rings is 1. The van der Waals surface area contributed by atoms with Crippen molar-refractivity contribution in [2.24, 2.45) is 0 Å². The van der Waals surface area contributed by atoms with E-state index in [2.05, 4.69) is 20.2 Å². The number of rotatable bonds is 8. The molecule has 0 radical (unpaired) electrons. The van der Waals surface area contributed by atoms with Gasteiger partial charge in [-0.15, -0.1) is 10.2 Å². The Morgan fingerprint density at radius 3 is 2.55 bits per heavy atom. The number of aromatic nitrogens is 5. The zero-order chi connectivity index (χ0) is 23.2. The number of hydrogen-bond acceptors (Lipinski definition) is 7. The minimum atomic E-state index is -0.577. The van der Waals surface area contributed by atoms with Gasteiger partial charge in [0, 0.05) is 37.0 Å². The molecule has 3 aromatic rings. The van der Waals surface area contributed by atoms with Crippen molar-refractivity contribution in [2.45, 2.75) is 37.8 Å². The number of ether oxygens (including phenoxy) is 1. The van der Waals surface area contributed by atoms with Gasteiger partial charge in [0.25, 0.3) is 5.56 Å². The number of thioether (sulfide) groups is 1. The van der Waals surface area contributed by atoms with Crippen molar-refractivity contribution in [2.75, 3.05) is 25.4 Å². The molecule has 3 heterocycles. The minimum absolute atomic E-state index is 0.0846. The van der Waals surface area contributed by atoms with Crippen molar-refractivity contribution in [3.63, 3.8) is 0 Å². The number of likely N-dealkylation sites (tertiary alicyclic amines) is 1. The third kappa shape index (κ3) is 5.72. The van der Waals surface area contributed by atoms with Gasteiger partial charge in [0.05, 0.1) is 12.4 Å². The highest BCUT2D eigenvalue weighted by molar-refractivity contribution is 7.99. The van der Waals surface area contributed by atoms with Crippen molar-refractivity contribution in [3.8, 4) is 11.4 Å². The first-order valence-electron chi connectivity index (χ1n) is 10.9. The van der Waals surface area contributed by atoms with Gasteiger partial charge < -0.3 is 14.6 Å². The zero-order valence-corrected chi connectivity index (χ0v) is 19.2. The first-order valence-corrected chi connectivity index (χ1v) is 11.9. The summed E-state index contributed by atoms with van der Waals surface area (Å²) >= 11 is 1.32. The van der Waals surface area contributed by atoms with Gasteiger partial charge in [-0.1, -0.05) is 11.8 Å². The highest BCUT2D eigenvalue weighted by Crippen LogP contribution is 2.25. The van der Waals surface area contributed by atoms with E-state index in [-0.39, 0.29) is 18.1 Å². The van der Waals surface area contributed by atoms with Crippen molar-refractivity contribution < 1.29 is 9.53 Å². The topological polar surface area (TPSA) is 126 Å². The van der Waals surface area contributed by atoms with Crippen LogP contribution in [0.2, 0.25) is 0 Å². The van der Waals surface area contributed by atoms with Crippen LogP contribution in [0.3, 0.4) is 0 Å². The van der Waals surface area contributed by atoms with Crippen LogP contribution in [0.1, 0.15) is 37.7 Å². The number of nitrogens with zero attached hydrogens (tertiary/aromatic N) is 4. The van der Waals surface area contributed by atoms with Crippen LogP contribution in [0.4, 0.5) is 0 Å². The molecule has 0 atom stereocenters. The molecule has 1 amide bonds. The molecular weight excluding hydrogens is 444 g/mol. The molecule has 1 saturated heterocycles. The number of piperidine rings is 1. The molecule has 0 spiro atoms. The largest absolute Gasteiger partial charge is 0.494 e. The summed E-state index contributed by atoms with van der Waals surface area (Å²) in [6.45, 7) is 4.08. The molecule has 1 aliphatic heterocycles. The molecule has 10 nitrogen and oxygen atoms in total. The lowest BCUT2D eigenvalue weighted by molar-refractivity contribution is -0.129. The van der Waals surface area contributed by atoms with E-state index in [4.69, 9.17) is 4.74 Å². The molecule has 174 valence electrons. The van der Waals surface area contributed by atoms with Crippen LogP contribution < -0.4 is 16.0 Å². The summed E-state index contributed by atoms with van der Waals surface area (Å²) in [5, 5.41) is 9.17. The normalized spacial score (nSPS) is 13.8. The predicted molar refractivity (Wildman–Crippen MR) is 124 cm³/mol. The van der Waals surface area contributed by atoms with E-state index in [9.17, 15) is 14.4 Å². The Kier molecular flexibility index (Phi) is 7.28. The second-order valence-corrected chi connectivity index (χ2v) is 8.62. The monoisotopic (exact) mass is 470 g/mol. The van der Waals surface area contributed by atoms with Crippen LogP contribution in [0.25, 0.3) is 5.69 Å². The molecule has 33 heavy (non-hydrogen) atoms. The summed E-state index contributed by atoms with van der Waals surface area (Å²) in [5.74, 6) is 1.62. The van der Waals surface area contributed by atoms with Crippen LogP contribution >= 0.6 is 11.8 Å². The molecule has 2 aromatic heterocycles. The Morgan fingerprint density at radius 1 is 1.09 bits per heavy atom. The lowest BCUT2D eigenvalue weighted by atomic mass is 10.1. The zero-order valence-electron chi connectivity index (χ0n) is 18.4. The molecule has 1 aromatic carbocycles. The maximum atomic E-state index is 12.7. The van der Waals surface area contributed by atoms with Gasteiger partial charge in [0.1, 0.15) is 11.6 Å². The molecule has 1 aliphatic rings. The Bertz CT molecular complexity index is 1180. The fraction of sp³-hybridized carbons (Fsp3) is 0.409.